The fourth-order valence-corrected chi connectivity index (χ4v) is 1.24. The number of halogens is 1. The highest BCUT2D eigenvalue weighted by molar-refractivity contribution is 5.73. The highest BCUT2D eigenvalue weighted by Crippen LogP contribution is 2.13. The predicted octanol–water partition coefficient (Wildman–Crippen LogP) is 1.50. The van der Waals surface area contributed by atoms with E-state index >= 15 is 0 Å². The number of hydrogen-bond acceptors (Lipinski definition) is 3. The van der Waals surface area contributed by atoms with Gasteiger partial charge in [-0.2, -0.15) is 0 Å². The molecular weight excluding hydrogens is 224 g/mol. The molecule has 0 fully saturated rings. The van der Waals surface area contributed by atoms with E-state index in [2.05, 4.69) is 0 Å². The molecule has 0 saturated heterocycles. The average molecular weight is 238 g/mol. The van der Waals surface area contributed by atoms with Gasteiger partial charge in [0.25, 0.3) is 0 Å². The summed E-state index contributed by atoms with van der Waals surface area (Å²) in [6.07, 6.45) is 1.93. The fraction of sp³-hybridized carbons (Fsp3) is 0.250. The molecule has 1 aromatic carbocycles. The summed E-state index contributed by atoms with van der Waals surface area (Å²) in [5.74, 6) is -0.436. The molecule has 0 aliphatic heterocycles. The molecule has 0 aliphatic carbocycles. The Morgan fingerprint density at radius 1 is 1.47 bits per heavy atom. The van der Waals surface area contributed by atoms with E-state index in [9.17, 15) is 9.18 Å². The first-order chi connectivity index (χ1) is 8.13. The van der Waals surface area contributed by atoms with Crippen LogP contribution in [0.3, 0.4) is 0 Å². The molecule has 3 N–H and O–H groups in total. The van der Waals surface area contributed by atoms with Crippen LogP contribution in [0.25, 0.3) is 0 Å². The van der Waals surface area contributed by atoms with Crippen LogP contribution in [0.5, 0.6) is 5.75 Å². The fourth-order valence-electron chi connectivity index (χ4n) is 1.24. The van der Waals surface area contributed by atoms with E-state index < -0.39 is 12.0 Å². The van der Waals surface area contributed by atoms with Crippen molar-refractivity contribution in [1.82, 2.24) is 0 Å². The number of carboxylic acid groups (broad SMARTS) is 1. The molecule has 0 amide bonds. The van der Waals surface area contributed by atoms with Crippen LogP contribution < -0.4 is 10.5 Å². The van der Waals surface area contributed by atoms with Crippen molar-refractivity contribution >= 4 is 5.97 Å². The van der Waals surface area contributed by atoms with Gasteiger partial charge in [-0.1, -0.05) is 12.1 Å². The standard InChI is InChI=1S/C12H14FNO3/c13-6-1-7-17-10-4-2-9(3-5-10)8-11(14)12(15)16/h1-6,11H,7-8,14H2,(H,15,16)/b6-1+/t11-/m0/s1/i13-1. The Hall–Kier alpha value is -1.88. The van der Waals surface area contributed by atoms with Gasteiger partial charge in [-0.05, 0) is 30.2 Å². The molecule has 0 spiro atoms. The molecule has 1 atom stereocenters. The number of aliphatic carboxylic acids is 1. The summed E-state index contributed by atoms with van der Waals surface area (Å²) < 4.78 is 16.8. The highest BCUT2D eigenvalue weighted by atomic mass is 18.2. The van der Waals surface area contributed by atoms with Gasteiger partial charge in [0.1, 0.15) is 18.4 Å². The molecule has 0 heterocycles. The zero-order valence-corrected chi connectivity index (χ0v) is 9.17. The van der Waals surface area contributed by atoms with Crippen molar-refractivity contribution in [2.24, 2.45) is 5.73 Å². The molecule has 1 aromatic rings. The maximum absolute atomic E-state index is 11.6. The van der Waals surface area contributed by atoms with Crippen LogP contribution in [0, 0.1) is 0 Å². The van der Waals surface area contributed by atoms with E-state index in [0.717, 1.165) is 5.56 Å². The molecule has 0 unspecified atom stereocenters. The largest absolute Gasteiger partial charge is 0.489 e. The zero-order chi connectivity index (χ0) is 12.7. The number of benzene rings is 1. The minimum Gasteiger partial charge on any atom is -0.489 e. The molecule has 0 bridgehead atoms. The number of nitrogens with two attached hydrogens (primary N) is 1. The Bertz CT molecular complexity index is 389. The van der Waals surface area contributed by atoms with Crippen LogP contribution in [0.2, 0.25) is 0 Å². The maximum Gasteiger partial charge on any atom is 0.320 e. The number of rotatable bonds is 6. The van der Waals surface area contributed by atoms with Gasteiger partial charge in [0, 0.05) is 0 Å². The molecule has 1 rings (SSSR count). The Labute approximate surface area is 98.5 Å². The van der Waals surface area contributed by atoms with Crippen molar-refractivity contribution in [3.05, 3.63) is 42.2 Å². The van der Waals surface area contributed by atoms with Gasteiger partial charge in [-0.3, -0.25) is 4.79 Å². The molecule has 5 heteroatoms. The molecule has 0 aromatic heterocycles. The van der Waals surface area contributed by atoms with Crippen molar-refractivity contribution in [1.29, 1.82) is 0 Å². The Morgan fingerprint density at radius 3 is 2.65 bits per heavy atom. The third-order valence-corrected chi connectivity index (χ3v) is 2.13. The molecule has 92 valence electrons. The van der Waals surface area contributed by atoms with Crippen LogP contribution in [-0.2, 0) is 11.2 Å². The second-order valence-electron chi connectivity index (χ2n) is 3.47. The summed E-state index contributed by atoms with van der Waals surface area (Å²) >= 11 is 0. The lowest BCUT2D eigenvalue weighted by Gasteiger charge is -2.07. The summed E-state index contributed by atoms with van der Waals surface area (Å²) in [5.41, 5.74) is 6.22. The third-order valence-electron chi connectivity index (χ3n) is 2.13. The van der Waals surface area contributed by atoms with Crippen molar-refractivity contribution in [2.45, 2.75) is 12.5 Å². The van der Waals surface area contributed by atoms with Crippen molar-refractivity contribution in [2.75, 3.05) is 6.61 Å². The predicted molar refractivity (Wildman–Crippen MR) is 61.5 cm³/mol. The number of hydrogen-bond donors (Lipinski definition) is 2. The van der Waals surface area contributed by atoms with E-state index in [1.807, 2.05) is 0 Å². The molecule has 17 heavy (non-hydrogen) atoms. The lowest BCUT2D eigenvalue weighted by Crippen LogP contribution is -2.32. The number of ether oxygens (including phenoxy) is 1. The van der Waals surface area contributed by atoms with Crippen LogP contribution in [0.4, 0.5) is 4.39 Å². The smallest absolute Gasteiger partial charge is 0.320 e. The van der Waals surface area contributed by atoms with Crippen LogP contribution in [0.1, 0.15) is 5.56 Å². The normalized spacial score (nSPS) is 12.6. The van der Waals surface area contributed by atoms with Crippen molar-refractivity contribution in [3.63, 3.8) is 0 Å². The number of carboxylic acids is 1. The van der Waals surface area contributed by atoms with E-state index in [-0.39, 0.29) is 13.0 Å². The van der Waals surface area contributed by atoms with Gasteiger partial charge in [0.05, 0.1) is 6.33 Å². The van der Waals surface area contributed by atoms with Crippen LogP contribution >= 0.6 is 0 Å². The Kier molecular flexibility index (Phi) is 5.16. The summed E-state index contributed by atoms with van der Waals surface area (Å²) in [7, 11) is 0. The topological polar surface area (TPSA) is 72.5 Å². The van der Waals surface area contributed by atoms with E-state index in [4.69, 9.17) is 15.6 Å². The second kappa shape index (κ2) is 6.65. The highest BCUT2D eigenvalue weighted by Gasteiger charge is 2.11. The van der Waals surface area contributed by atoms with Gasteiger partial charge < -0.3 is 15.6 Å². The van der Waals surface area contributed by atoms with Gasteiger partial charge in [0.2, 0.25) is 0 Å². The quantitative estimate of drug-likeness (QED) is 0.787. The lowest BCUT2D eigenvalue weighted by molar-refractivity contribution is -0.138. The first-order valence-corrected chi connectivity index (χ1v) is 5.09. The Morgan fingerprint density at radius 2 is 2.12 bits per heavy atom. The monoisotopic (exact) mass is 238 g/mol. The van der Waals surface area contributed by atoms with E-state index in [0.29, 0.717) is 12.1 Å². The molecule has 0 saturated carbocycles. The zero-order valence-electron chi connectivity index (χ0n) is 9.17. The van der Waals surface area contributed by atoms with Crippen molar-refractivity contribution < 1.29 is 19.0 Å². The minimum atomic E-state index is -1.03. The van der Waals surface area contributed by atoms with E-state index in [1.54, 1.807) is 24.3 Å². The van der Waals surface area contributed by atoms with Gasteiger partial charge in [0.15, 0.2) is 0 Å². The SMILES string of the molecule is N[C@@H](Cc1ccc(OC/C=C/[18F])cc1)C(=O)O. The molecule has 0 aliphatic rings. The molecular formula is C12H14FNO3. The van der Waals surface area contributed by atoms with Crippen LogP contribution in [-0.4, -0.2) is 23.7 Å². The first kappa shape index (κ1) is 13.2. The minimum absolute atomic E-state index is 0.157. The summed E-state index contributed by atoms with van der Waals surface area (Å²) in [5, 5.41) is 8.65. The average Bonchev–Trinajstić information content (AvgIpc) is 2.31. The lowest BCUT2D eigenvalue weighted by atomic mass is 10.1. The first-order valence-electron chi connectivity index (χ1n) is 5.09. The van der Waals surface area contributed by atoms with Gasteiger partial charge in [-0.15, -0.1) is 0 Å². The summed E-state index contributed by atoms with van der Waals surface area (Å²) in [6, 6.07) is 5.94. The third kappa shape index (κ3) is 4.65. The van der Waals surface area contributed by atoms with Crippen LogP contribution in [0.15, 0.2) is 36.7 Å². The molecule has 4 nitrogen and oxygen atoms in total. The van der Waals surface area contributed by atoms with Gasteiger partial charge in [-0.25, -0.2) is 4.39 Å². The summed E-state index contributed by atoms with van der Waals surface area (Å²) in [6.45, 7) is 0.157. The second-order valence-corrected chi connectivity index (χ2v) is 3.47. The van der Waals surface area contributed by atoms with Gasteiger partial charge >= 0.3 is 5.97 Å². The molecule has 0 radical (unpaired) electrons. The Balaban J connectivity index is 2.52. The van der Waals surface area contributed by atoms with Crippen molar-refractivity contribution in [3.8, 4) is 5.75 Å². The maximum atomic E-state index is 11.6. The van der Waals surface area contributed by atoms with E-state index in [1.165, 1.54) is 6.08 Å². The number of carbonyl (C=O) groups is 1. The summed E-state index contributed by atoms with van der Waals surface area (Å²) in [4.78, 5) is 10.6.